The van der Waals surface area contributed by atoms with Crippen LogP contribution in [0.2, 0.25) is 0 Å². The predicted molar refractivity (Wildman–Crippen MR) is 77.4 cm³/mol. The lowest BCUT2D eigenvalue weighted by Crippen LogP contribution is -2.40. The SMILES string of the molecule is CC(N[S@+]([O-])C(C)(C)C)c1cccc(OCC(F)(F)F)c1. The topological polar surface area (TPSA) is 44.3 Å². The lowest BCUT2D eigenvalue weighted by Gasteiger charge is -2.26. The van der Waals surface area contributed by atoms with Crippen molar-refractivity contribution < 1.29 is 22.5 Å². The van der Waals surface area contributed by atoms with Gasteiger partial charge < -0.3 is 9.29 Å². The van der Waals surface area contributed by atoms with Crippen LogP contribution in [0.15, 0.2) is 24.3 Å². The van der Waals surface area contributed by atoms with Gasteiger partial charge in [0.15, 0.2) is 6.61 Å². The maximum atomic E-state index is 12.1. The second-order valence-corrected chi connectivity index (χ2v) is 7.69. The highest BCUT2D eigenvalue weighted by atomic mass is 32.2. The van der Waals surface area contributed by atoms with Gasteiger partial charge in [0.1, 0.15) is 10.5 Å². The van der Waals surface area contributed by atoms with Crippen molar-refractivity contribution in [3.8, 4) is 5.75 Å². The van der Waals surface area contributed by atoms with E-state index in [4.69, 9.17) is 4.74 Å². The van der Waals surface area contributed by atoms with E-state index in [1.165, 1.54) is 12.1 Å². The second-order valence-electron chi connectivity index (χ2n) is 5.70. The van der Waals surface area contributed by atoms with Crippen LogP contribution in [0.1, 0.15) is 39.3 Å². The minimum atomic E-state index is -4.37. The molecule has 0 aromatic heterocycles. The van der Waals surface area contributed by atoms with Crippen molar-refractivity contribution in [2.45, 2.75) is 44.7 Å². The Morgan fingerprint density at radius 3 is 2.43 bits per heavy atom. The normalized spacial score (nSPS) is 15.6. The molecule has 0 saturated heterocycles. The van der Waals surface area contributed by atoms with Crippen LogP contribution in [-0.2, 0) is 11.4 Å². The standard InChI is InChI=1S/C14H20F3NO2S/c1-10(18-21(19)13(2,3)4)11-6-5-7-12(8-11)20-9-14(15,16)17/h5-8,10,18H,9H2,1-4H3/t10?,21-/m1/s1. The minimum absolute atomic E-state index is 0.139. The molecule has 0 heterocycles. The summed E-state index contributed by atoms with van der Waals surface area (Å²) in [5.41, 5.74) is 0.715. The molecule has 0 amide bonds. The predicted octanol–water partition coefficient (Wildman–Crippen LogP) is 3.74. The zero-order chi connectivity index (χ0) is 16.3. The zero-order valence-corrected chi connectivity index (χ0v) is 13.3. The summed E-state index contributed by atoms with van der Waals surface area (Å²) < 4.78 is 55.6. The second kappa shape index (κ2) is 6.89. The fourth-order valence-corrected chi connectivity index (χ4v) is 2.25. The van der Waals surface area contributed by atoms with Crippen molar-refractivity contribution in [1.29, 1.82) is 0 Å². The summed E-state index contributed by atoms with van der Waals surface area (Å²) in [7, 11) is 0. The van der Waals surface area contributed by atoms with Gasteiger partial charge in [-0.3, -0.25) is 0 Å². The van der Waals surface area contributed by atoms with Gasteiger partial charge in [-0.05, 0) is 45.4 Å². The highest BCUT2D eigenvalue weighted by Crippen LogP contribution is 2.24. The molecule has 1 rings (SSSR count). The van der Waals surface area contributed by atoms with Gasteiger partial charge in [0, 0.05) is 11.4 Å². The molecule has 1 aromatic rings. The quantitative estimate of drug-likeness (QED) is 0.840. The van der Waals surface area contributed by atoms with E-state index in [0.717, 1.165) is 0 Å². The van der Waals surface area contributed by atoms with Gasteiger partial charge in [-0.15, -0.1) is 4.72 Å². The van der Waals surface area contributed by atoms with E-state index in [1.54, 1.807) is 19.1 Å². The third-order valence-corrected chi connectivity index (χ3v) is 4.28. The molecule has 1 unspecified atom stereocenters. The first kappa shape index (κ1) is 18.1. The smallest absolute Gasteiger partial charge is 0.422 e. The van der Waals surface area contributed by atoms with Crippen molar-refractivity contribution in [2.24, 2.45) is 0 Å². The first-order chi connectivity index (χ1) is 9.49. The summed E-state index contributed by atoms with van der Waals surface area (Å²) >= 11 is -1.26. The van der Waals surface area contributed by atoms with Gasteiger partial charge in [0.2, 0.25) is 0 Å². The van der Waals surface area contributed by atoms with Crippen LogP contribution >= 0.6 is 0 Å². The van der Waals surface area contributed by atoms with Crippen molar-refractivity contribution in [2.75, 3.05) is 6.61 Å². The monoisotopic (exact) mass is 323 g/mol. The van der Waals surface area contributed by atoms with Crippen LogP contribution in [0.25, 0.3) is 0 Å². The average Bonchev–Trinajstić information content (AvgIpc) is 2.34. The molecule has 0 bridgehead atoms. The Kier molecular flexibility index (Phi) is 5.95. The Balaban J connectivity index is 2.71. The number of rotatable bonds is 5. The van der Waals surface area contributed by atoms with Crippen molar-refractivity contribution in [3.05, 3.63) is 29.8 Å². The Morgan fingerprint density at radius 1 is 1.29 bits per heavy atom. The lowest BCUT2D eigenvalue weighted by atomic mass is 10.1. The number of ether oxygens (including phenoxy) is 1. The van der Waals surface area contributed by atoms with E-state index in [0.29, 0.717) is 5.56 Å². The third-order valence-electron chi connectivity index (χ3n) is 2.60. The van der Waals surface area contributed by atoms with E-state index < -0.39 is 28.9 Å². The Bertz CT molecular complexity index is 460. The molecule has 0 aliphatic heterocycles. The number of benzene rings is 1. The van der Waals surface area contributed by atoms with Crippen molar-refractivity contribution >= 4 is 11.4 Å². The van der Waals surface area contributed by atoms with Gasteiger partial charge in [0.05, 0.1) is 6.04 Å². The number of alkyl halides is 3. The van der Waals surface area contributed by atoms with Gasteiger partial charge in [-0.1, -0.05) is 12.1 Å². The molecule has 120 valence electrons. The zero-order valence-electron chi connectivity index (χ0n) is 12.5. The van der Waals surface area contributed by atoms with Crippen LogP contribution in [0, 0.1) is 0 Å². The molecule has 21 heavy (non-hydrogen) atoms. The lowest BCUT2D eigenvalue weighted by molar-refractivity contribution is -0.153. The molecule has 0 fully saturated rings. The maximum Gasteiger partial charge on any atom is 0.422 e. The summed E-state index contributed by atoms with van der Waals surface area (Å²) in [4.78, 5) is 0. The molecule has 0 radical (unpaired) electrons. The van der Waals surface area contributed by atoms with E-state index in [-0.39, 0.29) is 11.8 Å². The molecular weight excluding hydrogens is 303 g/mol. The van der Waals surface area contributed by atoms with Gasteiger partial charge >= 0.3 is 6.18 Å². The molecule has 1 aromatic carbocycles. The summed E-state index contributed by atoms with van der Waals surface area (Å²) in [6.45, 7) is 5.99. The van der Waals surface area contributed by atoms with Crippen molar-refractivity contribution in [1.82, 2.24) is 4.72 Å². The van der Waals surface area contributed by atoms with Crippen LogP contribution in [-0.4, -0.2) is 22.1 Å². The Hall–Kier alpha value is -0.920. The first-order valence-electron chi connectivity index (χ1n) is 6.46. The van der Waals surface area contributed by atoms with Gasteiger partial charge in [-0.2, -0.15) is 13.2 Å². The van der Waals surface area contributed by atoms with Crippen LogP contribution in [0.4, 0.5) is 13.2 Å². The molecular formula is C14H20F3NO2S. The van der Waals surface area contributed by atoms with Crippen molar-refractivity contribution in [3.63, 3.8) is 0 Å². The van der Waals surface area contributed by atoms with E-state index in [1.807, 2.05) is 20.8 Å². The highest BCUT2D eigenvalue weighted by molar-refractivity contribution is 7.90. The number of hydrogen-bond donors (Lipinski definition) is 1. The highest BCUT2D eigenvalue weighted by Gasteiger charge is 2.29. The van der Waals surface area contributed by atoms with E-state index in [9.17, 15) is 17.7 Å². The number of halogens is 3. The van der Waals surface area contributed by atoms with Gasteiger partial charge in [0.25, 0.3) is 0 Å². The molecule has 0 saturated carbocycles. The molecule has 0 aliphatic carbocycles. The molecule has 2 atom stereocenters. The average molecular weight is 323 g/mol. The number of hydrogen-bond acceptors (Lipinski definition) is 3. The minimum Gasteiger partial charge on any atom is -0.598 e. The first-order valence-corrected chi connectivity index (χ1v) is 7.61. The molecule has 1 N–H and O–H groups in total. The summed E-state index contributed by atoms with van der Waals surface area (Å²) in [6, 6.07) is 6.07. The molecule has 0 aliphatic rings. The Labute approximate surface area is 126 Å². The molecule has 3 nitrogen and oxygen atoms in total. The van der Waals surface area contributed by atoms with Crippen LogP contribution in [0.3, 0.4) is 0 Å². The maximum absolute atomic E-state index is 12.1. The van der Waals surface area contributed by atoms with E-state index in [2.05, 4.69) is 4.72 Å². The summed E-state index contributed by atoms with van der Waals surface area (Å²) in [5, 5.41) is 0. The third kappa shape index (κ3) is 6.58. The van der Waals surface area contributed by atoms with Crippen LogP contribution < -0.4 is 9.46 Å². The van der Waals surface area contributed by atoms with E-state index >= 15 is 0 Å². The van der Waals surface area contributed by atoms with Crippen LogP contribution in [0.5, 0.6) is 5.75 Å². The fourth-order valence-electron chi connectivity index (χ4n) is 1.44. The van der Waals surface area contributed by atoms with Gasteiger partial charge in [-0.25, -0.2) is 0 Å². The Morgan fingerprint density at radius 2 is 1.90 bits per heavy atom. The molecule has 7 heteroatoms. The molecule has 0 spiro atoms. The summed E-state index contributed by atoms with van der Waals surface area (Å²) in [5.74, 6) is 0.139. The fraction of sp³-hybridized carbons (Fsp3) is 0.571. The largest absolute Gasteiger partial charge is 0.598 e. The number of nitrogens with one attached hydrogen (secondary N) is 1. The summed E-state index contributed by atoms with van der Waals surface area (Å²) in [6.07, 6.45) is -4.37.